The number of rotatable bonds is 8. The molecule has 3 nitrogen and oxygen atoms in total. The predicted octanol–water partition coefficient (Wildman–Crippen LogP) is 3.94. The lowest BCUT2D eigenvalue weighted by Crippen LogP contribution is -2.05. The maximum absolute atomic E-state index is 10.1. The maximum Gasteiger partial charge on any atom is 0.133 e. The van der Waals surface area contributed by atoms with Gasteiger partial charge in [-0.15, -0.1) is 0 Å². The molecule has 0 spiro atoms. The van der Waals surface area contributed by atoms with Crippen LogP contribution in [0.4, 0.5) is 0 Å². The fourth-order valence-electron chi connectivity index (χ4n) is 1.73. The van der Waals surface area contributed by atoms with E-state index < -0.39 is 6.10 Å². The van der Waals surface area contributed by atoms with E-state index in [1.54, 1.807) is 7.11 Å². The van der Waals surface area contributed by atoms with Crippen LogP contribution < -0.4 is 4.74 Å². The van der Waals surface area contributed by atoms with Gasteiger partial charge in [0.15, 0.2) is 0 Å². The quantitative estimate of drug-likeness (QED) is 0.733. The van der Waals surface area contributed by atoms with Crippen LogP contribution in [0.3, 0.4) is 0 Å². The van der Waals surface area contributed by atoms with Crippen molar-refractivity contribution in [3.05, 3.63) is 28.2 Å². The Bertz CT molecular complexity index is 380. The molecule has 19 heavy (non-hydrogen) atoms. The Morgan fingerprint density at radius 3 is 2.53 bits per heavy atom. The first-order valence-electron chi connectivity index (χ1n) is 6.63. The Kier molecular flexibility index (Phi) is 7.42. The Morgan fingerprint density at radius 1 is 1.21 bits per heavy atom. The lowest BCUT2D eigenvalue weighted by atomic mass is 10.00. The number of hydrogen-bond donors (Lipinski definition) is 1. The molecule has 0 saturated carbocycles. The smallest absolute Gasteiger partial charge is 0.133 e. The largest absolute Gasteiger partial charge is 0.490 e. The van der Waals surface area contributed by atoms with Gasteiger partial charge in [-0.25, -0.2) is 0 Å². The van der Waals surface area contributed by atoms with E-state index in [0.717, 1.165) is 28.6 Å². The van der Waals surface area contributed by atoms with Gasteiger partial charge in [-0.05, 0) is 52.4 Å². The second-order valence-electron chi connectivity index (χ2n) is 5.02. The summed E-state index contributed by atoms with van der Waals surface area (Å²) in [5.41, 5.74) is 0.923. The van der Waals surface area contributed by atoms with Crippen LogP contribution in [-0.2, 0) is 4.74 Å². The van der Waals surface area contributed by atoms with Gasteiger partial charge in [-0.3, -0.25) is 0 Å². The van der Waals surface area contributed by atoms with Gasteiger partial charge in [0, 0.05) is 7.11 Å². The Labute approximate surface area is 124 Å². The predicted molar refractivity (Wildman–Crippen MR) is 80.5 cm³/mol. The zero-order valence-electron chi connectivity index (χ0n) is 11.9. The van der Waals surface area contributed by atoms with Crippen molar-refractivity contribution in [2.45, 2.75) is 32.8 Å². The van der Waals surface area contributed by atoms with Crippen molar-refractivity contribution in [3.63, 3.8) is 0 Å². The average molecular weight is 331 g/mol. The third-order valence-electron chi connectivity index (χ3n) is 2.90. The summed E-state index contributed by atoms with van der Waals surface area (Å²) in [6.45, 7) is 5.40. The van der Waals surface area contributed by atoms with Gasteiger partial charge in [0.1, 0.15) is 12.4 Å². The van der Waals surface area contributed by atoms with E-state index in [4.69, 9.17) is 9.47 Å². The summed E-state index contributed by atoms with van der Waals surface area (Å²) in [5.74, 6) is 1.38. The summed E-state index contributed by atoms with van der Waals surface area (Å²) in [6, 6.07) is 5.72. The number of hydrogen-bond acceptors (Lipinski definition) is 3. The fraction of sp³-hybridized carbons (Fsp3) is 0.600. The normalized spacial score (nSPS) is 12.7. The van der Waals surface area contributed by atoms with Crippen LogP contribution in [0.15, 0.2) is 22.7 Å². The van der Waals surface area contributed by atoms with E-state index in [1.807, 2.05) is 18.2 Å². The molecule has 1 N–H and O–H groups in total. The van der Waals surface area contributed by atoms with Crippen LogP contribution in [0.5, 0.6) is 5.75 Å². The van der Waals surface area contributed by atoms with Gasteiger partial charge in [-0.2, -0.15) is 0 Å². The highest BCUT2D eigenvalue weighted by Gasteiger charge is 2.11. The number of halogens is 1. The lowest BCUT2D eigenvalue weighted by Gasteiger charge is -2.14. The third kappa shape index (κ3) is 5.93. The molecule has 1 aromatic rings. The maximum atomic E-state index is 10.1. The highest BCUT2D eigenvalue weighted by Crippen LogP contribution is 2.30. The average Bonchev–Trinajstić information content (AvgIpc) is 2.38. The van der Waals surface area contributed by atoms with E-state index in [1.165, 1.54) is 0 Å². The zero-order valence-corrected chi connectivity index (χ0v) is 13.4. The minimum Gasteiger partial charge on any atom is -0.490 e. The molecule has 0 aromatic heterocycles. The van der Waals surface area contributed by atoms with Crippen LogP contribution >= 0.6 is 15.9 Å². The molecule has 0 saturated heterocycles. The molecule has 1 unspecified atom stereocenters. The summed E-state index contributed by atoms with van der Waals surface area (Å²) in [7, 11) is 1.65. The van der Waals surface area contributed by atoms with Crippen molar-refractivity contribution in [1.82, 2.24) is 0 Å². The summed E-state index contributed by atoms with van der Waals surface area (Å²) in [6.07, 6.45) is 1.39. The number of aliphatic hydroxyl groups is 1. The highest BCUT2D eigenvalue weighted by molar-refractivity contribution is 9.10. The molecule has 0 aliphatic carbocycles. The molecule has 0 heterocycles. The Hall–Kier alpha value is -0.580. The Balaban J connectivity index is 2.59. The summed E-state index contributed by atoms with van der Waals surface area (Å²) in [5, 5.41) is 10.1. The van der Waals surface area contributed by atoms with Crippen LogP contribution in [0.1, 0.15) is 38.4 Å². The number of benzene rings is 1. The molecule has 0 aliphatic heterocycles. The topological polar surface area (TPSA) is 38.7 Å². The van der Waals surface area contributed by atoms with Crippen LogP contribution in [0.2, 0.25) is 0 Å². The summed E-state index contributed by atoms with van der Waals surface area (Å²) < 4.78 is 11.4. The Morgan fingerprint density at radius 2 is 1.95 bits per heavy atom. The van der Waals surface area contributed by atoms with Crippen LogP contribution in [0.25, 0.3) is 0 Å². The molecule has 0 fully saturated rings. The molecular formula is C15H23BrO3. The molecular weight excluding hydrogens is 308 g/mol. The molecule has 0 bridgehead atoms. The van der Waals surface area contributed by atoms with Crippen molar-refractivity contribution in [1.29, 1.82) is 0 Å². The second-order valence-corrected chi connectivity index (χ2v) is 5.87. The molecule has 0 radical (unpaired) electrons. The van der Waals surface area contributed by atoms with Gasteiger partial charge in [0.05, 0.1) is 17.2 Å². The van der Waals surface area contributed by atoms with Gasteiger partial charge in [0.2, 0.25) is 0 Å². The van der Waals surface area contributed by atoms with E-state index in [9.17, 15) is 5.11 Å². The van der Waals surface area contributed by atoms with Crippen molar-refractivity contribution < 1.29 is 14.6 Å². The number of aliphatic hydroxyl groups excluding tert-OH is 1. The summed E-state index contributed by atoms with van der Waals surface area (Å²) in [4.78, 5) is 0. The second kappa shape index (κ2) is 8.56. The van der Waals surface area contributed by atoms with Crippen molar-refractivity contribution >= 4 is 15.9 Å². The van der Waals surface area contributed by atoms with Gasteiger partial charge >= 0.3 is 0 Å². The first kappa shape index (κ1) is 16.5. The van der Waals surface area contributed by atoms with Crippen molar-refractivity contribution in [3.8, 4) is 5.75 Å². The molecule has 0 aliphatic rings. The SMILES string of the molecule is COCCOc1ccc(C(O)CCC(C)C)cc1Br. The van der Waals surface area contributed by atoms with E-state index in [-0.39, 0.29) is 0 Å². The fourth-order valence-corrected chi connectivity index (χ4v) is 2.25. The lowest BCUT2D eigenvalue weighted by molar-refractivity contribution is 0.145. The first-order valence-corrected chi connectivity index (χ1v) is 7.43. The molecule has 0 amide bonds. The highest BCUT2D eigenvalue weighted by atomic mass is 79.9. The number of methoxy groups -OCH3 is 1. The van der Waals surface area contributed by atoms with E-state index in [0.29, 0.717) is 19.1 Å². The van der Waals surface area contributed by atoms with Gasteiger partial charge in [0.25, 0.3) is 0 Å². The third-order valence-corrected chi connectivity index (χ3v) is 3.52. The van der Waals surface area contributed by atoms with E-state index in [2.05, 4.69) is 29.8 Å². The van der Waals surface area contributed by atoms with E-state index >= 15 is 0 Å². The first-order chi connectivity index (χ1) is 9.04. The molecule has 108 valence electrons. The standard InChI is InChI=1S/C15H23BrO3/c1-11(2)4-6-14(17)12-5-7-15(13(16)10-12)19-9-8-18-3/h5,7,10-11,14,17H,4,6,8-9H2,1-3H3. The van der Waals surface area contributed by atoms with Crippen LogP contribution in [-0.4, -0.2) is 25.4 Å². The van der Waals surface area contributed by atoms with Gasteiger partial charge < -0.3 is 14.6 Å². The minimum absolute atomic E-state index is 0.410. The zero-order chi connectivity index (χ0) is 14.3. The van der Waals surface area contributed by atoms with Crippen LogP contribution in [0, 0.1) is 5.92 Å². The molecule has 4 heteroatoms. The van der Waals surface area contributed by atoms with Crippen molar-refractivity contribution in [2.75, 3.05) is 20.3 Å². The molecule has 1 rings (SSSR count). The minimum atomic E-state index is -0.410. The van der Waals surface area contributed by atoms with Gasteiger partial charge in [-0.1, -0.05) is 19.9 Å². The number of ether oxygens (including phenoxy) is 2. The monoisotopic (exact) mass is 330 g/mol. The molecule has 1 aromatic carbocycles. The molecule has 1 atom stereocenters. The van der Waals surface area contributed by atoms with Crippen molar-refractivity contribution in [2.24, 2.45) is 5.92 Å². The summed E-state index contributed by atoms with van der Waals surface area (Å²) >= 11 is 3.47.